The third-order valence-corrected chi connectivity index (χ3v) is 3.04. The zero-order valence-electron chi connectivity index (χ0n) is 11.9. The van der Waals surface area contributed by atoms with Crippen molar-refractivity contribution in [1.29, 1.82) is 0 Å². The molecule has 0 heterocycles. The fraction of sp³-hybridized carbons (Fsp3) is 0.333. The van der Waals surface area contributed by atoms with Crippen LogP contribution < -0.4 is 5.32 Å². The maximum atomic E-state index is 12.0. The maximum absolute atomic E-state index is 12.0. The molecule has 0 saturated carbocycles. The van der Waals surface area contributed by atoms with Gasteiger partial charge in [-0.3, -0.25) is 14.5 Å². The van der Waals surface area contributed by atoms with Crippen molar-refractivity contribution in [2.45, 2.75) is 13.8 Å². The summed E-state index contributed by atoms with van der Waals surface area (Å²) in [6.07, 6.45) is 5.16. The van der Waals surface area contributed by atoms with E-state index < -0.39 is 5.97 Å². The Balaban J connectivity index is 2.77. The van der Waals surface area contributed by atoms with Gasteiger partial charge in [-0.05, 0) is 31.0 Å². The quantitative estimate of drug-likeness (QED) is 0.788. The highest BCUT2D eigenvalue weighted by Gasteiger charge is 2.15. The Hall–Kier alpha value is -2.03. The molecule has 5 nitrogen and oxygen atoms in total. The Morgan fingerprint density at radius 2 is 2.05 bits per heavy atom. The molecule has 1 amide bonds. The Morgan fingerprint density at radius 3 is 2.57 bits per heavy atom. The van der Waals surface area contributed by atoms with Crippen LogP contribution in [-0.2, 0) is 9.59 Å². The molecule has 0 radical (unpaired) electrons. The summed E-state index contributed by atoms with van der Waals surface area (Å²) in [5.74, 6) is 0.929. The second-order valence-corrected chi connectivity index (χ2v) is 5.14. The number of amides is 1. The Bertz CT molecular complexity index is 570. The molecule has 0 spiro atoms. The van der Waals surface area contributed by atoms with Crippen molar-refractivity contribution >= 4 is 29.2 Å². The van der Waals surface area contributed by atoms with Gasteiger partial charge in [-0.25, -0.2) is 0 Å². The third kappa shape index (κ3) is 5.46. The number of nitrogens with zero attached hydrogens (tertiary/aromatic N) is 1. The summed E-state index contributed by atoms with van der Waals surface area (Å²) in [4.78, 5) is 24.1. The number of rotatable bonds is 6. The molecule has 2 N–H and O–H groups in total. The second-order valence-electron chi connectivity index (χ2n) is 4.73. The lowest BCUT2D eigenvalue weighted by Gasteiger charge is -2.18. The SMILES string of the molecule is C#CCN(CC(=O)O)CC(=O)Nc1c(C)cc(C)cc1Cl. The monoisotopic (exact) mass is 308 g/mol. The van der Waals surface area contributed by atoms with Gasteiger partial charge < -0.3 is 10.4 Å². The number of benzene rings is 1. The van der Waals surface area contributed by atoms with Gasteiger partial charge >= 0.3 is 5.97 Å². The molecule has 0 atom stereocenters. The normalized spacial score (nSPS) is 10.2. The van der Waals surface area contributed by atoms with Crippen molar-refractivity contribution in [3.8, 4) is 12.3 Å². The number of carbonyl (C=O) groups excluding carboxylic acids is 1. The van der Waals surface area contributed by atoms with Gasteiger partial charge in [0.2, 0.25) is 5.91 Å². The van der Waals surface area contributed by atoms with Crippen LogP contribution in [0.4, 0.5) is 5.69 Å². The van der Waals surface area contributed by atoms with Crippen LogP contribution >= 0.6 is 11.6 Å². The van der Waals surface area contributed by atoms with Crippen molar-refractivity contribution < 1.29 is 14.7 Å². The van der Waals surface area contributed by atoms with Crippen LogP contribution in [0.25, 0.3) is 0 Å². The number of carbonyl (C=O) groups is 2. The van der Waals surface area contributed by atoms with E-state index in [1.165, 1.54) is 4.90 Å². The minimum absolute atomic E-state index is 0.0837. The van der Waals surface area contributed by atoms with Crippen LogP contribution in [-0.4, -0.2) is 41.5 Å². The number of hydrogen-bond acceptors (Lipinski definition) is 3. The van der Waals surface area contributed by atoms with Crippen molar-refractivity contribution in [2.24, 2.45) is 0 Å². The first kappa shape index (κ1) is 17.0. The van der Waals surface area contributed by atoms with E-state index in [0.29, 0.717) is 10.7 Å². The van der Waals surface area contributed by atoms with Crippen molar-refractivity contribution in [1.82, 2.24) is 4.90 Å². The lowest BCUT2D eigenvalue weighted by atomic mass is 10.1. The second kappa shape index (κ2) is 7.67. The topological polar surface area (TPSA) is 69.6 Å². The van der Waals surface area contributed by atoms with Crippen LogP contribution in [0.3, 0.4) is 0 Å². The first-order valence-corrected chi connectivity index (χ1v) is 6.65. The van der Waals surface area contributed by atoms with E-state index in [2.05, 4.69) is 11.2 Å². The fourth-order valence-electron chi connectivity index (χ4n) is 1.94. The average Bonchev–Trinajstić information content (AvgIpc) is 2.33. The molecule has 0 bridgehead atoms. The summed E-state index contributed by atoms with van der Waals surface area (Å²) in [5, 5.41) is 11.9. The van der Waals surface area contributed by atoms with E-state index in [0.717, 1.165) is 11.1 Å². The lowest BCUT2D eigenvalue weighted by Crippen LogP contribution is -2.37. The first-order chi connectivity index (χ1) is 9.83. The average molecular weight is 309 g/mol. The number of nitrogens with one attached hydrogen (secondary N) is 1. The molecular weight excluding hydrogens is 292 g/mol. The smallest absolute Gasteiger partial charge is 0.317 e. The number of halogens is 1. The summed E-state index contributed by atoms with van der Waals surface area (Å²) in [6, 6.07) is 3.65. The number of aryl methyl sites for hydroxylation is 2. The molecular formula is C15H17ClN2O3. The predicted molar refractivity (Wildman–Crippen MR) is 82.5 cm³/mol. The molecule has 0 unspecified atom stereocenters. The van der Waals surface area contributed by atoms with E-state index >= 15 is 0 Å². The van der Waals surface area contributed by atoms with Gasteiger partial charge in [0.15, 0.2) is 0 Å². The number of aliphatic carboxylic acids is 1. The molecule has 1 aromatic rings. The van der Waals surface area contributed by atoms with Gasteiger partial charge in [-0.1, -0.05) is 23.6 Å². The van der Waals surface area contributed by atoms with Gasteiger partial charge in [-0.2, -0.15) is 0 Å². The van der Waals surface area contributed by atoms with E-state index in [4.69, 9.17) is 23.1 Å². The van der Waals surface area contributed by atoms with E-state index in [9.17, 15) is 9.59 Å². The molecule has 21 heavy (non-hydrogen) atoms. The number of carboxylic acids is 1. The standard InChI is InChI=1S/C15H17ClN2O3/c1-4-5-18(9-14(20)21)8-13(19)17-15-11(3)6-10(2)7-12(15)16/h1,6-7H,5,8-9H2,2-3H3,(H,17,19)(H,20,21). The minimum Gasteiger partial charge on any atom is -0.480 e. The number of anilines is 1. The lowest BCUT2D eigenvalue weighted by molar-refractivity contribution is -0.138. The van der Waals surface area contributed by atoms with Crippen LogP contribution in [0, 0.1) is 26.2 Å². The van der Waals surface area contributed by atoms with E-state index in [1.807, 2.05) is 19.9 Å². The first-order valence-electron chi connectivity index (χ1n) is 6.27. The van der Waals surface area contributed by atoms with E-state index in [1.54, 1.807) is 6.07 Å². The molecule has 0 fully saturated rings. The molecule has 112 valence electrons. The largest absolute Gasteiger partial charge is 0.480 e. The van der Waals surface area contributed by atoms with Crippen molar-refractivity contribution in [3.63, 3.8) is 0 Å². The molecule has 6 heteroatoms. The highest BCUT2D eigenvalue weighted by molar-refractivity contribution is 6.34. The van der Waals surface area contributed by atoms with Gasteiger partial charge in [-0.15, -0.1) is 6.42 Å². The summed E-state index contributed by atoms with van der Waals surface area (Å²) < 4.78 is 0. The highest BCUT2D eigenvalue weighted by Crippen LogP contribution is 2.27. The van der Waals surface area contributed by atoms with Crippen molar-refractivity contribution in [3.05, 3.63) is 28.3 Å². The van der Waals surface area contributed by atoms with Crippen LogP contribution in [0.2, 0.25) is 5.02 Å². The molecule has 0 aliphatic rings. The number of hydrogen-bond donors (Lipinski definition) is 2. The zero-order valence-corrected chi connectivity index (χ0v) is 12.7. The van der Waals surface area contributed by atoms with Gasteiger partial charge in [0, 0.05) is 0 Å². The van der Waals surface area contributed by atoms with Crippen LogP contribution in [0.15, 0.2) is 12.1 Å². The van der Waals surface area contributed by atoms with Crippen molar-refractivity contribution in [2.75, 3.05) is 25.0 Å². The summed E-state index contributed by atoms with van der Waals surface area (Å²) in [7, 11) is 0. The molecule has 0 aromatic heterocycles. The van der Waals surface area contributed by atoms with E-state index in [-0.39, 0.29) is 25.5 Å². The highest BCUT2D eigenvalue weighted by atomic mass is 35.5. The van der Waals surface area contributed by atoms with Gasteiger partial charge in [0.25, 0.3) is 0 Å². The minimum atomic E-state index is -1.04. The molecule has 1 rings (SSSR count). The molecule has 0 saturated heterocycles. The maximum Gasteiger partial charge on any atom is 0.317 e. The van der Waals surface area contributed by atoms with Gasteiger partial charge in [0.1, 0.15) is 0 Å². The fourth-order valence-corrected chi connectivity index (χ4v) is 2.31. The third-order valence-electron chi connectivity index (χ3n) is 2.74. The Morgan fingerprint density at radius 1 is 1.38 bits per heavy atom. The predicted octanol–water partition coefficient (Wildman–Crippen LogP) is 1.92. The number of carboxylic acid groups (broad SMARTS) is 1. The van der Waals surface area contributed by atoms with Gasteiger partial charge in [0.05, 0.1) is 30.3 Å². The molecule has 0 aliphatic carbocycles. The molecule has 1 aromatic carbocycles. The number of terminal acetylenes is 1. The summed E-state index contributed by atoms with van der Waals surface area (Å²) in [6.45, 7) is 3.43. The van der Waals surface area contributed by atoms with Crippen LogP contribution in [0.5, 0.6) is 0 Å². The summed E-state index contributed by atoms with van der Waals surface area (Å²) >= 11 is 6.11. The zero-order chi connectivity index (χ0) is 16.0. The summed E-state index contributed by atoms with van der Waals surface area (Å²) in [5.41, 5.74) is 2.37. The Kier molecular flexibility index (Phi) is 6.22. The van der Waals surface area contributed by atoms with Crippen LogP contribution in [0.1, 0.15) is 11.1 Å². The molecule has 0 aliphatic heterocycles. The Labute approximate surface area is 128 Å².